The van der Waals surface area contributed by atoms with Crippen LogP contribution in [0.2, 0.25) is 0 Å². The van der Waals surface area contributed by atoms with E-state index in [0.29, 0.717) is 6.54 Å². The van der Waals surface area contributed by atoms with E-state index in [1.54, 1.807) is 6.92 Å². The van der Waals surface area contributed by atoms with Crippen LogP contribution in [0.4, 0.5) is 10.1 Å². The second-order valence-corrected chi connectivity index (χ2v) is 3.19. The molecule has 0 saturated heterocycles. The highest BCUT2D eigenvalue weighted by atomic mass is 19.1. The van der Waals surface area contributed by atoms with Crippen LogP contribution in [0.5, 0.6) is 0 Å². The van der Waals surface area contributed by atoms with Gasteiger partial charge in [0.1, 0.15) is 12.4 Å². The van der Waals surface area contributed by atoms with Gasteiger partial charge in [0, 0.05) is 6.54 Å². The topological polar surface area (TPSA) is 64.3 Å². The highest BCUT2D eigenvalue weighted by molar-refractivity contribution is 5.73. The number of benzene rings is 1. The van der Waals surface area contributed by atoms with E-state index >= 15 is 0 Å². The molecular weight excluding hydrogens is 211 g/mol. The Morgan fingerprint density at radius 2 is 2.31 bits per heavy atom. The van der Waals surface area contributed by atoms with Crippen molar-refractivity contribution in [3.8, 4) is 6.07 Å². The van der Waals surface area contributed by atoms with Gasteiger partial charge in [-0.3, -0.25) is 4.79 Å². The number of hydrogen-bond donors (Lipinski definition) is 1. The molecule has 0 aromatic heterocycles. The van der Waals surface area contributed by atoms with Crippen LogP contribution < -0.4 is 4.90 Å². The van der Waals surface area contributed by atoms with Gasteiger partial charge in [-0.25, -0.2) is 4.39 Å². The van der Waals surface area contributed by atoms with Crippen LogP contribution in [-0.2, 0) is 4.79 Å². The summed E-state index contributed by atoms with van der Waals surface area (Å²) in [6.45, 7) is 1.86. The maximum atomic E-state index is 13.5. The molecule has 4 nitrogen and oxygen atoms in total. The second kappa shape index (κ2) is 5.12. The number of nitriles is 1. The number of aliphatic carboxylic acids is 1. The van der Waals surface area contributed by atoms with Crippen molar-refractivity contribution in [1.82, 2.24) is 0 Å². The van der Waals surface area contributed by atoms with E-state index in [1.807, 2.05) is 6.07 Å². The number of halogens is 1. The molecule has 0 amide bonds. The Bertz CT molecular complexity index is 440. The first kappa shape index (κ1) is 12.0. The maximum Gasteiger partial charge on any atom is 0.323 e. The van der Waals surface area contributed by atoms with E-state index in [4.69, 9.17) is 10.4 Å². The SMILES string of the molecule is CCN(CC(=O)O)c1ccc(C#N)cc1F. The molecule has 5 heteroatoms. The highest BCUT2D eigenvalue weighted by Gasteiger charge is 2.13. The predicted molar refractivity (Wildman–Crippen MR) is 56.6 cm³/mol. The summed E-state index contributed by atoms with van der Waals surface area (Å²) in [5.74, 6) is -1.60. The molecule has 0 aliphatic rings. The zero-order valence-electron chi connectivity index (χ0n) is 8.77. The minimum atomic E-state index is -1.02. The van der Waals surface area contributed by atoms with Gasteiger partial charge in [-0.1, -0.05) is 0 Å². The molecule has 0 aliphatic heterocycles. The van der Waals surface area contributed by atoms with Crippen LogP contribution in [0.25, 0.3) is 0 Å². The molecule has 0 spiro atoms. The Kier molecular flexibility index (Phi) is 3.84. The molecule has 0 bridgehead atoms. The second-order valence-electron chi connectivity index (χ2n) is 3.19. The molecule has 0 atom stereocenters. The largest absolute Gasteiger partial charge is 0.480 e. The quantitative estimate of drug-likeness (QED) is 0.840. The Balaban J connectivity index is 3.02. The van der Waals surface area contributed by atoms with Crippen molar-refractivity contribution in [3.63, 3.8) is 0 Å². The normalized spacial score (nSPS) is 9.56. The zero-order chi connectivity index (χ0) is 12.1. The summed E-state index contributed by atoms with van der Waals surface area (Å²) in [6.07, 6.45) is 0. The molecule has 0 radical (unpaired) electrons. The summed E-state index contributed by atoms with van der Waals surface area (Å²) in [5.41, 5.74) is 0.413. The van der Waals surface area contributed by atoms with Gasteiger partial charge in [0.25, 0.3) is 0 Å². The van der Waals surface area contributed by atoms with Crippen molar-refractivity contribution < 1.29 is 14.3 Å². The van der Waals surface area contributed by atoms with Gasteiger partial charge in [0.2, 0.25) is 0 Å². The molecule has 84 valence electrons. The third kappa shape index (κ3) is 2.70. The van der Waals surface area contributed by atoms with Crippen LogP contribution in [0.15, 0.2) is 18.2 Å². The third-order valence-electron chi connectivity index (χ3n) is 2.13. The smallest absolute Gasteiger partial charge is 0.323 e. The standard InChI is InChI=1S/C11H11FN2O2/c1-2-14(7-11(15)16)10-4-3-8(6-13)5-9(10)12/h3-5H,2,7H2,1H3,(H,15,16). The monoisotopic (exact) mass is 222 g/mol. The molecule has 16 heavy (non-hydrogen) atoms. The fourth-order valence-electron chi connectivity index (χ4n) is 1.36. The molecular formula is C11H11FN2O2. The molecule has 1 rings (SSSR count). The third-order valence-corrected chi connectivity index (χ3v) is 2.13. The van der Waals surface area contributed by atoms with Crippen LogP contribution >= 0.6 is 0 Å². The van der Waals surface area contributed by atoms with E-state index in [9.17, 15) is 9.18 Å². The molecule has 0 fully saturated rings. The number of rotatable bonds is 4. The fraction of sp³-hybridized carbons (Fsp3) is 0.273. The molecule has 0 heterocycles. The number of hydrogen-bond acceptors (Lipinski definition) is 3. The summed E-state index contributed by atoms with van der Waals surface area (Å²) in [5, 5.41) is 17.2. The van der Waals surface area contributed by atoms with Gasteiger partial charge in [0.15, 0.2) is 0 Å². The lowest BCUT2D eigenvalue weighted by molar-refractivity contribution is -0.135. The minimum absolute atomic E-state index is 0.198. The van der Waals surface area contributed by atoms with Crippen molar-refractivity contribution in [1.29, 1.82) is 5.26 Å². The maximum absolute atomic E-state index is 13.5. The van der Waals surface area contributed by atoms with E-state index in [1.165, 1.54) is 17.0 Å². The predicted octanol–water partition coefficient (Wildman–Crippen LogP) is 1.61. The first-order valence-corrected chi connectivity index (χ1v) is 4.75. The minimum Gasteiger partial charge on any atom is -0.480 e. The van der Waals surface area contributed by atoms with Gasteiger partial charge < -0.3 is 10.0 Å². The van der Waals surface area contributed by atoms with Crippen molar-refractivity contribution in [2.75, 3.05) is 18.0 Å². The summed E-state index contributed by atoms with van der Waals surface area (Å²) in [7, 11) is 0. The van der Waals surface area contributed by atoms with Crippen molar-refractivity contribution >= 4 is 11.7 Å². The lowest BCUT2D eigenvalue weighted by atomic mass is 10.2. The Hall–Kier alpha value is -2.09. The van der Waals surface area contributed by atoms with Crippen molar-refractivity contribution in [2.24, 2.45) is 0 Å². The fourth-order valence-corrected chi connectivity index (χ4v) is 1.36. The van der Waals surface area contributed by atoms with E-state index in [2.05, 4.69) is 0 Å². The summed E-state index contributed by atoms with van der Waals surface area (Å²) < 4.78 is 13.5. The number of carboxylic acid groups (broad SMARTS) is 1. The van der Waals surface area contributed by atoms with E-state index in [-0.39, 0.29) is 17.8 Å². The molecule has 1 N–H and O–H groups in total. The number of carbonyl (C=O) groups is 1. The summed E-state index contributed by atoms with van der Waals surface area (Å²) in [6, 6.07) is 5.79. The number of carboxylic acids is 1. The average Bonchev–Trinajstić information content (AvgIpc) is 2.25. The van der Waals surface area contributed by atoms with E-state index in [0.717, 1.165) is 6.07 Å². The number of likely N-dealkylation sites (N-methyl/N-ethyl adjacent to an activating group) is 1. The lowest BCUT2D eigenvalue weighted by Gasteiger charge is -2.21. The first-order valence-electron chi connectivity index (χ1n) is 4.75. The first-order chi connectivity index (χ1) is 7.58. The van der Waals surface area contributed by atoms with Crippen LogP contribution in [0.1, 0.15) is 12.5 Å². The Morgan fingerprint density at radius 3 is 2.75 bits per heavy atom. The highest BCUT2D eigenvalue weighted by Crippen LogP contribution is 2.19. The van der Waals surface area contributed by atoms with Crippen LogP contribution in [0, 0.1) is 17.1 Å². The van der Waals surface area contributed by atoms with Crippen LogP contribution in [-0.4, -0.2) is 24.2 Å². The van der Waals surface area contributed by atoms with Crippen molar-refractivity contribution in [3.05, 3.63) is 29.6 Å². The number of anilines is 1. The Labute approximate surface area is 92.5 Å². The Morgan fingerprint density at radius 1 is 1.62 bits per heavy atom. The molecule has 0 saturated carbocycles. The average molecular weight is 222 g/mol. The lowest BCUT2D eigenvalue weighted by Crippen LogP contribution is -2.30. The van der Waals surface area contributed by atoms with Gasteiger partial charge in [0.05, 0.1) is 17.3 Å². The van der Waals surface area contributed by atoms with Crippen LogP contribution in [0.3, 0.4) is 0 Å². The van der Waals surface area contributed by atoms with Gasteiger partial charge >= 0.3 is 5.97 Å². The van der Waals surface area contributed by atoms with Crippen molar-refractivity contribution in [2.45, 2.75) is 6.92 Å². The molecule has 0 aliphatic carbocycles. The molecule has 1 aromatic carbocycles. The molecule has 0 unspecified atom stereocenters. The van der Waals surface area contributed by atoms with Gasteiger partial charge in [-0.05, 0) is 25.1 Å². The number of nitrogens with zero attached hydrogens (tertiary/aromatic N) is 2. The summed E-state index contributed by atoms with van der Waals surface area (Å²) in [4.78, 5) is 11.9. The van der Waals surface area contributed by atoms with E-state index < -0.39 is 11.8 Å². The van der Waals surface area contributed by atoms with Gasteiger partial charge in [-0.2, -0.15) is 5.26 Å². The zero-order valence-corrected chi connectivity index (χ0v) is 8.77. The van der Waals surface area contributed by atoms with Gasteiger partial charge in [-0.15, -0.1) is 0 Å². The summed E-state index contributed by atoms with van der Waals surface area (Å²) >= 11 is 0. The molecule has 1 aromatic rings.